The summed E-state index contributed by atoms with van der Waals surface area (Å²) in [6.07, 6.45) is -0.488. The van der Waals surface area contributed by atoms with Crippen LogP contribution in [0.25, 0.3) is 0 Å². The lowest BCUT2D eigenvalue weighted by molar-refractivity contribution is -0.139. The molecule has 1 aliphatic heterocycles. The molecule has 0 saturated carbocycles. The van der Waals surface area contributed by atoms with Gasteiger partial charge in [0.25, 0.3) is 0 Å². The molecule has 128 valence electrons. The summed E-state index contributed by atoms with van der Waals surface area (Å²) < 4.78 is 11.0. The van der Waals surface area contributed by atoms with E-state index in [1.54, 1.807) is 24.5 Å². The number of hydrogen-bond donors (Lipinski definition) is 0. The summed E-state index contributed by atoms with van der Waals surface area (Å²) in [5, 5.41) is 1.72. The molecule has 1 atom stereocenters. The van der Waals surface area contributed by atoms with Crippen LogP contribution >= 0.6 is 11.8 Å². The van der Waals surface area contributed by atoms with Crippen LogP contribution in [0.5, 0.6) is 5.75 Å². The van der Waals surface area contributed by atoms with Crippen LogP contribution in [0.15, 0.2) is 65.6 Å². The molecule has 0 aromatic heterocycles. The lowest BCUT2D eigenvalue weighted by Gasteiger charge is -2.28. The minimum atomic E-state index is -0.488. The van der Waals surface area contributed by atoms with Crippen LogP contribution in [0.1, 0.15) is 28.9 Å². The Morgan fingerprint density at radius 2 is 1.88 bits per heavy atom. The summed E-state index contributed by atoms with van der Waals surface area (Å²) >= 11 is 1.25. The fourth-order valence-corrected chi connectivity index (χ4v) is 3.33. The van der Waals surface area contributed by atoms with Crippen molar-refractivity contribution in [1.82, 2.24) is 0 Å². The average molecular weight is 354 g/mol. The van der Waals surface area contributed by atoms with E-state index in [2.05, 4.69) is 0 Å². The minimum Gasteiger partial charge on any atom is -0.480 e. The normalized spacial score (nSPS) is 17.7. The van der Waals surface area contributed by atoms with Gasteiger partial charge < -0.3 is 9.47 Å². The van der Waals surface area contributed by atoms with Gasteiger partial charge in [0.1, 0.15) is 5.75 Å². The molecule has 25 heavy (non-hydrogen) atoms. The van der Waals surface area contributed by atoms with Gasteiger partial charge in [-0.3, -0.25) is 9.59 Å². The topological polar surface area (TPSA) is 52.6 Å². The highest BCUT2D eigenvalue weighted by Gasteiger charge is 2.32. The van der Waals surface area contributed by atoms with Crippen LogP contribution in [0, 0.1) is 0 Å². The van der Waals surface area contributed by atoms with E-state index in [0.717, 1.165) is 5.56 Å². The van der Waals surface area contributed by atoms with E-state index in [0.29, 0.717) is 23.5 Å². The number of esters is 1. The van der Waals surface area contributed by atoms with Gasteiger partial charge in [-0.2, -0.15) is 0 Å². The molecular weight excluding hydrogens is 336 g/mol. The predicted octanol–water partition coefficient (Wildman–Crippen LogP) is 4.18. The summed E-state index contributed by atoms with van der Waals surface area (Å²) in [5.41, 5.74) is 1.96. The molecule has 4 nitrogen and oxygen atoms in total. The fourth-order valence-electron chi connectivity index (χ4n) is 2.61. The largest absolute Gasteiger partial charge is 0.480 e. The molecule has 5 heteroatoms. The van der Waals surface area contributed by atoms with Crippen LogP contribution in [-0.4, -0.2) is 24.1 Å². The standard InChI is InChI=1S/C20H18O4S/c1-2-23-18(21)13-25-12-16-19(22)15-10-6-7-11-17(15)24-20(16)14-8-4-3-5-9-14/h3-12,20H,2,13H2,1H3. The second kappa shape index (κ2) is 8.03. The second-order valence-corrected chi connectivity index (χ2v) is 6.28. The molecule has 0 N–H and O–H groups in total. The Morgan fingerprint density at radius 1 is 1.16 bits per heavy atom. The Labute approximate surface area is 150 Å². The number of Topliss-reactive ketones (excluding diaryl/α,β-unsaturated/α-hetero) is 1. The second-order valence-electron chi connectivity index (χ2n) is 5.42. The molecule has 1 aliphatic rings. The van der Waals surface area contributed by atoms with Crippen molar-refractivity contribution in [3.8, 4) is 5.75 Å². The molecule has 3 rings (SSSR count). The van der Waals surface area contributed by atoms with Crippen LogP contribution in [0.4, 0.5) is 0 Å². The molecule has 1 heterocycles. The molecule has 0 spiro atoms. The molecule has 1 unspecified atom stereocenters. The fraction of sp³-hybridized carbons (Fsp3) is 0.200. The summed E-state index contributed by atoms with van der Waals surface area (Å²) in [4.78, 5) is 24.5. The number of thioether (sulfide) groups is 1. The van der Waals surface area contributed by atoms with Crippen molar-refractivity contribution >= 4 is 23.5 Å². The number of rotatable bonds is 5. The van der Waals surface area contributed by atoms with E-state index >= 15 is 0 Å². The maximum absolute atomic E-state index is 12.9. The maximum Gasteiger partial charge on any atom is 0.316 e. The van der Waals surface area contributed by atoms with E-state index in [9.17, 15) is 9.59 Å². The summed E-state index contributed by atoms with van der Waals surface area (Å²) in [7, 11) is 0. The molecule has 0 radical (unpaired) electrons. The van der Waals surface area contributed by atoms with Gasteiger partial charge in [0.2, 0.25) is 0 Å². The van der Waals surface area contributed by atoms with Crippen molar-refractivity contribution in [2.75, 3.05) is 12.4 Å². The molecule has 0 aliphatic carbocycles. The van der Waals surface area contributed by atoms with Crippen LogP contribution in [0.2, 0.25) is 0 Å². The first-order valence-corrected chi connectivity index (χ1v) is 9.08. The summed E-state index contributed by atoms with van der Waals surface area (Å²) in [5.74, 6) is 0.361. The number of para-hydroxylation sites is 1. The number of ketones is 1. The van der Waals surface area contributed by atoms with Gasteiger partial charge in [0.05, 0.1) is 23.5 Å². The highest BCUT2D eigenvalue weighted by Crippen LogP contribution is 2.39. The average Bonchev–Trinajstić information content (AvgIpc) is 2.64. The van der Waals surface area contributed by atoms with Crippen LogP contribution in [0.3, 0.4) is 0 Å². The van der Waals surface area contributed by atoms with Gasteiger partial charge in [0, 0.05) is 0 Å². The molecule has 2 aromatic carbocycles. The SMILES string of the molecule is CCOC(=O)CSC=C1C(=O)c2ccccc2OC1c1ccccc1. The Hall–Kier alpha value is -2.53. The first kappa shape index (κ1) is 17.3. The smallest absolute Gasteiger partial charge is 0.316 e. The number of ether oxygens (including phenoxy) is 2. The lowest BCUT2D eigenvalue weighted by Crippen LogP contribution is -2.23. The van der Waals surface area contributed by atoms with Crippen molar-refractivity contribution in [2.45, 2.75) is 13.0 Å². The van der Waals surface area contributed by atoms with Gasteiger partial charge in [-0.15, -0.1) is 11.8 Å². The Bertz CT molecular complexity index is 798. The van der Waals surface area contributed by atoms with Gasteiger partial charge >= 0.3 is 5.97 Å². The van der Waals surface area contributed by atoms with E-state index in [-0.39, 0.29) is 17.5 Å². The van der Waals surface area contributed by atoms with Crippen LogP contribution < -0.4 is 4.74 Å². The lowest BCUT2D eigenvalue weighted by atomic mass is 9.92. The van der Waals surface area contributed by atoms with E-state index < -0.39 is 6.10 Å². The van der Waals surface area contributed by atoms with E-state index in [1.807, 2.05) is 42.5 Å². The zero-order chi connectivity index (χ0) is 17.6. The van der Waals surface area contributed by atoms with Crippen molar-refractivity contribution < 1.29 is 19.1 Å². The van der Waals surface area contributed by atoms with E-state index in [4.69, 9.17) is 9.47 Å². The quantitative estimate of drug-likeness (QED) is 0.595. The predicted molar refractivity (Wildman–Crippen MR) is 97.8 cm³/mol. The molecule has 0 fully saturated rings. The van der Waals surface area contributed by atoms with Gasteiger partial charge in [0.15, 0.2) is 11.9 Å². The zero-order valence-corrected chi connectivity index (χ0v) is 14.6. The van der Waals surface area contributed by atoms with Crippen molar-refractivity contribution in [3.63, 3.8) is 0 Å². The van der Waals surface area contributed by atoms with E-state index in [1.165, 1.54) is 11.8 Å². The van der Waals surface area contributed by atoms with Gasteiger partial charge in [-0.1, -0.05) is 42.5 Å². The Kier molecular flexibility index (Phi) is 5.56. The highest BCUT2D eigenvalue weighted by atomic mass is 32.2. The molecule has 0 saturated heterocycles. The number of fused-ring (bicyclic) bond motifs is 1. The summed E-state index contributed by atoms with van der Waals surface area (Å²) in [6.45, 7) is 2.11. The van der Waals surface area contributed by atoms with Crippen molar-refractivity contribution in [3.05, 3.63) is 76.7 Å². The number of carbonyl (C=O) groups is 2. The Balaban J connectivity index is 1.91. The molecule has 2 aromatic rings. The van der Waals surface area contributed by atoms with Gasteiger partial charge in [-0.05, 0) is 30.0 Å². The third-order valence-corrected chi connectivity index (χ3v) is 4.56. The Morgan fingerprint density at radius 3 is 2.64 bits per heavy atom. The third kappa shape index (κ3) is 3.94. The van der Waals surface area contributed by atoms with Crippen LogP contribution in [-0.2, 0) is 9.53 Å². The first-order chi connectivity index (χ1) is 12.2. The zero-order valence-electron chi connectivity index (χ0n) is 13.8. The minimum absolute atomic E-state index is 0.0768. The third-order valence-electron chi connectivity index (χ3n) is 3.74. The van der Waals surface area contributed by atoms with Crippen molar-refractivity contribution in [2.24, 2.45) is 0 Å². The number of hydrogen-bond acceptors (Lipinski definition) is 5. The summed E-state index contributed by atoms with van der Waals surface area (Å²) in [6, 6.07) is 16.8. The van der Waals surface area contributed by atoms with Gasteiger partial charge in [-0.25, -0.2) is 0 Å². The number of benzene rings is 2. The maximum atomic E-state index is 12.9. The monoisotopic (exact) mass is 354 g/mol. The molecular formula is C20H18O4S. The molecule has 0 amide bonds. The van der Waals surface area contributed by atoms with Crippen molar-refractivity contribution in [1.29, 1.82) is 0 Å². The molecule has 0 bridgehead atoms. The first-order valence-electron chi connectivity index (χ1n) is 8.03. The number of carbonyl (C=O) groups excluding carboxylic acids is 2. The highest BCUT2D eigenvalue weighted by molar-refractivity contribution is 8.02.